The van der Waals surface area contributed by atoms with Gasteiger partial charge in [-0.1, -0.05) is 23.9 Å². The smallest absolute Gasteiger partial charge is 0.320 e. The molecule has 2 aromatic rings. The Balaban J connectivity index is 1.14. The Morgan fingerprint density at radius 3 is 2.48 bits per heavy atom. The number of aromatic nitrogens is 1. The van der Waals surface area contributed by atoms with Gasteiger partial charge in [-0.25, -0.2) is 9.78 Å². The van der Waals surface area contributed by atoms with E-state index in [0.29, 0.717) is 26.3 Å². The molecule has 0 N–H and O–H groups in total. The molecule has 4 heterocycles. The third-order valence-corrected chi connectivity index (χ3v) is 7.27. The molecule has 0 atom stereocenters. The van der Waals surface area contributed by atoms with E-state index in [1.54, 1.807) is 11.8 Å². The zero-order valence-electron chi connectivity index (χ0n) is 17.8. The lowest BCUT2D eigenvalue weighted by Gasteiger charge is -2.39. The van der Waals surface area contributed by atoms with Gasteiger partial charge in [-0.3, -0.25) is 4.90 Å². The van der Waals surface area contributed by atoms with Crippen molar-refractivity contribution in [2.24, 2.45) is 0 Å². The third kappa shape index (κ3) is 4.51. The first-order valence-electron chi connectivity index (χ1n) is 11.1. The minimum atomic E-state index is 0.174. The normalized spacial score (nSPS) is 19.2. The van der Waals surface area contributed by atoms with Gasteiger partial charge in [0.1, 0.15) is 5.82 Å². The van der Waals surface area contributed by atoms with Gasteiger partial charge in [-0.05, 0) is 37.2 Å². The van der Waals surface area contributed by atoms with Crippen LogP contribution in [0.5, 0.6) is 0 Å². The van der Waals surface area contributed by atoms with E-state index in [1.807, 2.05) is 22.1 Å². The lowest BCUT2D eigenvalue weighted by atomic mass is 10.2. The van der Waals surface area contributed by atoms with Crippen molar-refractivity contribution in [3.63, 3.8) is 0 Å². The van der Waals surface area contributed by atoms with Crippen LogP contribution in [-0.4, -0.2) is 91.3 Å². The number of ether oxygens (including phenoxy) is 1. The highest BCUT2D eigenvalue weighted by Gasteiger charge is 2.27. The van der Waals surface area contributed by atoms with E-state index in [9.17, 15) is 4.79 Å². The molecule has 31 heavy (non-hydrogen) atoms. The number of carbonyl (C=O) groups excluding carboxylic acids is 1. The molecule has 7 nitrogen and oxygen atoms in total. The molecule has 2 amide bonds. The second-order valence-electron chi connectivity index (χ2n) is 8.11. The molecule has 3 aliphatic heterocycles. The number of para-hydroxylation sites is 1. The van der Waals surface area contributed by atoms with Crippen molar-refractivity contribution in [3.8, 4) is 0 Å². The zero-order valence-corrected chi connectivity index (χ0v) is 18.6. The van der Waals surface area contributed by atoms with Crippen LogP contribution >= 0.6 is 11.8 Å². The molecule has 8 heteroatoms. The molecule has 0 aliphatic carbocycles. The molecular formula is C23H29N5O2S. The van der Waals surface area contributed by atoms with Crippen LogP contribution in [0.4, 0.5) is 16.3 Å². The summed E-state index contributed by atoms with van der Waals surface area (Å²) in [5.74, 6) is 1.06. The van der Waals surface area contributed by atoms with Gasteiger partial charge in [-0.15, -0.1) is 0 Å². The van der Waals surface area contributed by atoms with Crippen molar-refractivity contribution in [1.82, 2.24) is 19.7 Å². The third-order valence-electron chi connectivity index (χ3n) is 6.16. The average Bonchev–Trinajstić information content (AvgIpc) is 2.84. The largest absolute Gasteiger partial charge is 0.378 e. The van der Waals surface area contributed by atoms with Crippen LogP contribution < -0.4 is 4.90 Å². The number of rotatable bonds is 4. The van der Waals surface area contributed by atoms with E-state index in [1.165, 1.54) is 15.5 Å². The molecule has 0 spiro atoms. The Hall–Kier alpha value is -2.29. The second-order valence-corrected chi connectivity index (χ2v) is 9.19. The Morgan fingerprint density at radius 2 is 1.65 bits per heavy atom. The second kappa shape index (κ2) is 9.46. The molecule has 0 unspecified atom stereocenters. The van der Waals surface area contributed by atoms with Crippen LogP contribution in [0.15, 0.2) is 52.4 Å². The molecule has 5 rings (SSSR count). The standard InChI is InChI=1S/C23H29N5O2S/c29-23(27-15-17-30-18-16-27)26-13-11-25(12-14-26)9-4-10-28-19-5-1-2-6-20(19)31-21-7-3-8-24-22(21)28/h1-3,5-8H,4,9-18H2. The summed E-state index contributed by atoms with van der Waals surface area (Å²) in [7, 11) is 0. The fraction of sp³-hybridized carbons (Fsp3) is 0.478. The van der Waals surface area contributed by atoms with Crippen molar-refractivity contribution < 1.29 is 9.53 Å². The van der Waals surface area contributed by atoms with Crippen molar-refractivity contribution in [2.45, 2.75) is 16.2 Å². The molecule has 1 aromatic heterocycles. The quantitative estimate of drug-likeness (QED) is 0.730. The van der Waals surface area contributed by atoms with E-state index < -0.39 is 0 Å². The van der Waals surface area contributed by atoms with Gasteiger partial charge < -0.3 is 19.4 Å². The fourth-order valence-corrected chi connectivity index (χ4v) is 5.53. The number of urea groups is 1. The van der Waals surface area contributed by atoms with Gasteiger partial charge in [0.25, 0.3) is 0 Å². The van der Waals surface area contributed by atoms with Crippen molar-refractivity contribution in [3.05, 3.63) is 42.6 Å². The number of benzene rings is 1. The summed E-state index contributed by atoms with van der Waals surface area (Å²) >= 11 is 1.80. The Morgan fingerprint density at radius 1 is 0.903 bits per heavy atom. The van der Waals surface area contributed by atoms with Gasteiger partial charge in [0.15, 0.2) is 0 Å². The summed E-state index contributed by atoms with van der Waals surface area (Å²) in [6.07, 6.45) is 2.94. The first kappa shape index (κ1) is 20.6. The number of piperazine rings is 1. The molecule has 0 bridgehead atoms. The van der Waals surface area contributed by atoms with Crippen LogP contribution in [0.25, 0.3) is 0 Å². The summed E-state index contributed by atoms with van der Waals surface area (Å²) in [6, 6.07) is 12.9. The van der Waals surface area contributed by atoms with E-state index in [2.05, 4.69) is 45.1 Å². The van der Waals surface area contributed by atoms with E-state index in [4.69, 9.17) is 4.74 Å². The molecule has 3 aliphatic rings. The van der Waals surface area contributed by atoms with E-state index in [-0.39, 0.29) is 6.03 Å². The Kier molecular flexibility index (Phi) is 6.29. The maximum Gasteiger partial charge on any atom is 0.320 e. The van der Waals surface area contributed by atoms with Crippen LogP contribution in [0.1, 0.15) is 6.42 Å². The number of amides is 2. The maximum absolute atomic E-state index is 12.7. The van der Waals surface area contributed by atoms with Crippen LogP contribution in [0.2, 0.25) is 0 Å². The maximum atomic E-state index is 12.7. The minimum absolute atomic E-state index is 0.174. The molecule has 2 fully saturated rings. The lowest BCUT2D eigenvalue weighted by molar-refractivity contribution is 0.0377. The summed E-state index contributed by atoms with van der Waals surface area (Å²) in [6.45, 7) is 8.21. The fourth-order valence-electron chi connectivity index (χ4n) is 4.46. The predicted octanol–water partition coefficient (Wildman–Crippen LogP) is 3.14. The number of hydrogen-bond donors (Lipinski definition) is 0. The van der Waals surface area contributed by atoms with Gasteiger partial charge in [0, 0.05) is 56.9 Å². The topological polar surface area (TPSA) is 52.2 Å². The van der Waals surface area contributed by atoms with Gasteiger partial charge in [0.2, 0.25) is 0 Å². The summed E-state index contributed by atoms with van der Waals surface area (Å²) < 4.78 is 5.36. The summed E-state index contributed by atoms with van der Waals surface area (Å²) in [4.78, 5) is 28.6. The van der Waals surface area contributed by atoms with Crippen LogP contribution in [0, 0.1) is 0 Å². The summed E-state index contributed by atoms with van der Waals surface area (Å²) in [5.41, 5.74) is 1.25. The van der Waals surface area contributed by atoms with Gasteiger partial charge in [0.05, 0.1) is 23.8 Å². The molecule has 0 saturated carbocycles. The van der Waals surface area contributed by atoms with E-state index in [0.717, 1.165) is 51.5 Å². The molecule has 164 valence electrons. The lowest BCUT2D eigenvalue weighted by Crippen LogP contribution is -2.54. The Bertz CT molecular complexity index is 867. The van der Waals surface area contributed by atoms with Crippen LogP contribution in [0.3, 0.4) is 0 Å². The first-order valence-corrected chi connectivity index (χ1v) is 11.9. The van der Waals surface area contributed by atoms with E-state index >= 15 is 0 Å². The number of morpholine rings is 1. The zero-order chi connectivity index (χ0) is 21.0. The number of nitrogens with zero attached hydrogens (tertiary/aromatic N) is 5. The van der Waals surface area contributed by atoms with Crippen LogP contribution in [-0.2, 0) is 4.74 Å². The number of anilines is 2. The molecule has 0 radical (unpaired) electrons. The van der Waals surface area contributed by atoms with Crippen molar-refractivity contribution >= 4 is 29.3 Å². The van der Waals surface area contributed by atoms with Crippen molar-refractivity contribution in [1.29, 1.82) is 0 Å². The van der Waals surface area contributed by atoms with Gasteiger partial charge in [-0.2, -0.15) is 0 Å². The Labute approximate surface area is 188 Å². The first-order chi connectivity index (χ1) is 15.3. The monoisotopic (exact) mass is 439 g/mol. The molecule has 1 aromatic carbocycles. The molecule has 2 saturated heterocycles. The number of fused-ring (bicyclic) bond motifs is 2. The number of hydrogen-bond acceptors (Lipinski definition) is 6. The highest BCUT2D eigenvalue weighted by atomic mass is 32.2. The molecular weight excluding hydrogens is 410 g/mol. The average molecular weight is 440 g/mol. The SMILES string of the molecule is O=C(N1CCOCC1)N1CCN(CCCN2c3ccccc3Sc3cccnc32)CC1. The summed E-state index contributed by atoms with van der Waals surface area (Å²) in [5, 5.41) is 0. The number of carbonyl (C=O) groups is 1. The van der Waals surface area contributed by atoms with Gasteiger partial charge >= 0.3 is 6.03 Å². The highest BCUT2D eigenvalue weighted by molar-refractivity contribution is 7.99. The number of pyridine rings is 1. The predicted molar refractivity (Wildman–Crippen MR) is 122 cm³/mol. The van der Waals surface area contributed by atoms with Crippen molar-refractivity contribution in [2.75, 3.05) is 70.5 Å². The minimum Gasteiger partial charge on any atom is -0.378 e. The highest BCUT2D eigenvalue weighted by Crippen LogP contribution is 2.46.